The molecule has 3 rings (SSSR count). The number of carbonyl (C=O) groups is 2. The van der Waals surface area contributed by atoms with Crippen molar-refractivity contribution < 1.29 is 19.4 Å². The zero-order valence-corrected chi connectivity index (χ0v) is 13.2. The number of ether oxygens (including phenoxy) is 1. The standard InChI is InChI=1S/C17H19N3O4/c21-16(22)8-15-12-24-7-6-20(15)17(23)14-9-18-19(11-14)10-13-4-2-1-3-5-13/h1-5,9,11,15H,6-8,10,12H2,(H,21,22)/t15-/m0/s1. The number of aromatic nitrogens is 2. The van der Waals surface area contributed by atoms with Gasteiger partial charge >= 0.3 is 5.97 Å². The molecule has 2 heterocycles. The maximum absolute atomic E-state index is 12.7. The van der Waals surface area contributed by atoms with E-state index in [2.05, 4.69) is 5.10 Å². The molecule has 1 aromatic heterocycles. The Kier molecular flexibility index (Phi) is 4.90. The number of carbonyl (C=O) groups excluding carboxylic acids is 1. The van der Waals surface area contributed by atoms with Crippen LogP contribution in [0, 0.1) is 0 Å². The van der Waals surface area contributed by atoms with Crippen LogP contribution in [-0.2, 0) is 16.1 Å². The predicted molar refractivity (Wildman–Crippen MR) is 85.7 cm³/mol. The van der Waals surface area contributed by atoms with E-state index in [0.29, 0.717) is 25.3 Å². The van der Waals surface area contributed by atoms with Gasteiger partial charge in [0.05, 0.1) is 44.0 Å². The number of rotatable bonds is 5. The maximum atomic E-state index is 12.7. The number of carboxylic acids is 1. The van der Waals surface area contributed by atoms with Crippen molar-refractivity contribution in [3.8, 4) is 0 Å². The fourth-order valence-corrected chi connectivity index (χ4v) is 2.79. The lowest BCUT2D eigenvalue weighted by Gasteiger charge is -2.34. The number of hydrogen-bond acceptors (Lipinski definition) is 4. The monoisotopic (exact) mass is 329 g/mol. The van der Waals surface area contributed by atoms with Crippen LogP contribution in [0.1, 0.15) is 22.3 Å². The van der Waals surface area contributed by atoms with Crippen LogP contribution in [0.5, 0.6) is 0 Å². The van der Waals surface area contributed by atoms with Gasteiger partial charge in [0.25, 0.3) is 5.91 Å². The van der Waals surface area contributed by atoms with E-state index in [1.54, 1.807) is 15.8 Å². The van der Waals surface area contributed by atoms with Crippen molar-refractivity contribution in [3.63, 3.8) is 0 Å². The van der Waals surface area contributed by atoms with E-state index in [1.165, 1.54) is 6.20 Å². The summed E-state index contributed by atoms with van der Waals surface area (Å²) >= 11 is 0. The Morgan fingerprint density at radius 3 is 2.83 bits per heavy atom. The molecular formula is C17H19N3O4. The molecule has 2 aromatic rings. The summed E-state index contributed by atoms with van der Waals surface area (Å²) in [6, 6.07) is 9.40. The molecule has 126 valence electrons. The van der Waals surface area contributed by atoms with Gasteiger partial charge in [0.2, 0.25) is 0 Å². The summed E-state index contributed by atoms with van der Waals surface area (Å²) in [5.74, 6) is -1.15. The number of morpholine rings is 1. The van der Waals surface area contributed by atoms with Gasteiger partial charge in [-0.2, -0.15) is 5.10 Å². The molecule has 0 radical (unpaired) electrons. The van der Waals surface area contributed by atoms with Gasteiger partial charge in [-0.3, -0.25) is 14.3 Å². The van der Waals surface area contributed by atoms with E-state index in [0.717, 1.165) is 5.56 Å². The second-order valence-electron chi connectivity index (χ2n) is 5.74. The first-order chi connectivity index (χ1) is 11.6. The summed E-state index contributed by atoms with van der Waals surface area (Å²) in [5.41, 5.74) is 1.55. The zero-order valence-electron chi connectivity index (χ0n) is 13.2. The second kappa shape index (κ2) is 7.27. The lowest BCUT2D eigenvalue weighted by Crippen LogP contribution is -2.49. The molecular weight excluding hydrogens is 310 g/mol. The molecule has 1 aromatic carbocycles. The van der Waals surface area contributed by atoms with Gasteiger partial charge in [0, 0.05) is 12.7 Å². The zero-order chi connectivity index (χ0) is 16.9. The Balaban J connectivity index is 1.71. The second-order valence-corrected chi connectivity index (χ2v) is 5.74. The highest BCUT2D eigenvalue weighted by Crippen LogP contribution is 2.15. The first kappa shape index (κ1) is 16.2. The first-order valence-corrected chi connectivity index (χ1v) is 7.80. The van der Waals surface area contributed by atoms with Crippen LogP contribution in [0.4, 0.5) is 0 Å². The fourth-order valence-electron chi connectivity index (χ4n) is 2.79. The minimum Gasteiger partial charge on any atom is -0.481 e. The van der Waals surface area contributed by atoms with Gasteiger partial charge in [-0.05, 0) is 5.56 Å². The van der Waals surface area contributed by atoms with Gasteiger partial charge in [-0.25, -0.2) is 0 Å². The average molecular weight is 329 g/mol. The molecule has 1 aliphatic rings. The Labute approximate surface area is 139 Å². The van der Waals surface area contributed by atoms with Crippen molar-refractivity contribution >= 4 is 11.9 Å². The summed E-state index contributed by atoms with van der Waals surface area (Å²) in [4.78, 5) is 25.2. The number of nitrogens with zero attached hydrogens (tertiary/aromatic N) is 3. The third kappa shape index (κ3) is 3.80. The number of benzene rings is 1. The Hall–Kier alpha value is -2.67. The van der Waals surface area contributed by atoms with Crippen LogP contribution in [0.25, 0.3) is 0 Å². The molecule has 0 saturated carbocycles. The fraction of sp³-hybridized carbons (Fsp3) is 0.353. The van der Waals surface area contributed by atoms with Crippen molar-refractivity contribution in [2.75, 3.05) is 19.8 Å². The highest BCUT2D eigenvalue weighted by atomic mass is 16.5. The third-order valence-electron chi connectivity index (χ3n) is 3.97. The van der Waals surface area contributed by atoms with Crippen molar-refractivity contribution in [2.24, 2.45) is 0 Å². The maximum Gasteiger partial charge on any atom is 0.305 e. The number of aliphatic carboxylic acids is 1. The quantitative estimate of drug-likeness (QED) is 0.892. The Morgan fingerprint density at radius 1 is 1.29 bits per heavy atom. The molecule has 1 N–H and O–H groups in total. The average Bonchev–Trinajstić information content (AvgIpc) is 3.03. The summed E-state index contributed by atoms with van der Waals surface area (Å²) in [7, 11) is 0. The van der Waals surface area contributed by atoms with Gasteiger partial charge in [0.1, 0.15) is 0 Å². The molecule has 1 amide bonds. The number of hydrogen-bond donors (Lipinski definition) is 1. The van der Waals surface area contributed by atoms with E-state index in [1.807, 2.05) is 30.3 Å². The van der Waals surface area contributed by atoms with Crippen LogP contribution in [0.2, 0.25) is 0 Å². The summed E-state index contributed by atoms with van der Waals surface area (Å²) < 4.78 is 7.01. The van der Waals surface area contributed by atoms with Crippen molar-refractivity contribution in [2.45, 2.75) is 19.0 Å². The molecule has 0 unspecified atom stereocenters. The van der Waals surface area contributed by atoms with Crippen LogP contribution in [0.15, 0.2) is 42.7 Å². The normalized spacial score (nSPS) is 17.7. The SMILES string of the molecule is O=C(O)C[C@H]1COCCN1C(=O)c1cnn(Cc2ccccc2)c1. The van der Waals surface area contributed by atoms with E-state index in [4.69, 9.17) is 9.84 Å². The van der Waals surface area contributed by atoms with Gasteiger partial charge < -0.3 is 14.7 Å². The van der Waals surface area contributed by atoms with E-state index in [-0.39, 0.29) is 18.9 Å². The lowest BCUT2D eigenvalue weighted by molar-refractivity contribution is -0.139. The van der Waals surface area contributed by atoms with Gasteiger partial charge in [-0.15, -0.1) is 0 Å². The smallest absolute Gasteiger partial charge is 0.305 e. The van der Waals surface area contributed by atoms with Crippen LogP contribution < -0.4 is 0 Å². The van der Waals surface area contributed by atoms with Crippen LogP contribution in [0.3, 0.4) is 0 Å². The summed E-state index contributed by atoms with van der Waals surface area (Å²) in [5, 5.41) is 13.2. The molecule has 0 bridgehead atoms. The molecule has 7 heteroatoms. The molecule has 1 fully saturated rings. The third-order valence-corrected chi connectivity index (χ3v) is 3.97. The molecule has 0 spiro atoms. The Bertz CT molecular complexity index is 714. The number of carboxylic acid groups (broad SMARTS) is 1. The first-order valence-electron chi connectivity index (χ1n) is 7.80. The van der Waals surface area contributed by atoms with Crippen molar-refractivity contribution in [1.82, 2.24) is 14.7 Å². The molecule has 24 heavy (non-hydrogen) atoms. The highest BCUT2D eigenvalue weighted by Gasteiger charge is 2.30. The van der Waals surface area contributed by atoms with E-state index in [9.17, 15) is 9.59 Å². The summed E-state index contributed by atoms with van der Waals surface area (Å²) in [6.07, 6.45) is 3.10. The van der Waals surface area contributed by atoms with E-state index < -0.39 is 12.0 Å². The molecule has 1 atom stereocenters. The topological polar surface area (TPSA) is 84.7 Å². The predicted octanol–water partition coefficient (Wildman–Crippen LogP) is 1.25. The van der Waals surface area contributed by atoms with Gasteiger partial charge in [0.15, 0.2) is 0 Å². The van der Waals surface area contributed by atoms with Crippen LogP contribution >= 0.6 is 0 Å². The molecule has 7 nitrogen and oxygen atoms in total. The van der Waals surface area contributed by atoms with Gasteiger partial charge in [-0.1, -0.05) is 30.3 Å². The summed E-state index contributed by atoms with van der Waals surface area (Å²) in [6.45, 7) is 1.63. The minimum absolute atomic E-state index is 0.121. The van der Waals surface area contributed by atoms with Crippen LogP contribution in [-0.4, -0.2) is 57.5 Å². The van der Waals surface area contributed by atoms with Crippen molar-refractivity contribution in [3.05, 3.63) is 53.9 Å². The lowest BCUT2D eigenvalue weighted by atomic mass is 10.1. The highest BCUT2D eigenvalue weighted by molar-refractivity contribution is 5.94. The van der Waals surface area contributed by atoms with E-state index >= 15 is 0 Å². The molecule has 0 aliphatic carbocycles. The molecule has 1 saturated heterocycles. The number of amides is 1. The minimum atomic E-state index is -0.942. The Morgan fingerprint density at radius 2 is 2.08 bits per heavy atom. The largest absolute Gasteiger partial charge is 0.481 e. The van der Waals surface area contributed by atoms with Crippen molar-refractivity contribution in [1.29, 1.82) is 0 Å². The molecule has 1 aliphatic heterocycles.